The van der Waals surface area contributed by atoms with Crippen molar-refractivity contribution >= 4 is 21.8 Å². The highest BCUT2D eigenvalue weighted by Crippen LogP contribution is 2.16. The lowest BCUT2D eigenvalue weighted by molar-refractivity contribution is 0.306. The monoisotopic (exact) mass is 301 g/mol. The van der Waals surface area contributed by atoms with Crippen LogP contribution in [-0.2, 0) is 6.54 Å². The summed E-state index contributed by atoms with van der Waals surface area (Å²) in [7, 11) is 1.93. The molecule has 1 aromatic rings. The van der Waals surface area contributed by atoms with Gasteiger partial charge in [0, 0.05) is 23.5 Å². The molecule has 0 aliphatic carbocycles. The van der Waals surface area contributed by atoms with Gasteiger partial charge in [-0.25, -0.2) is 4.39 Å². The molecule has 0 bridgehead atoms. The number of amidine groups is 1. The number of hydrogen-bond acceptors (Lipinski definition) is 2. The summed E-state index contributed by atoms with van der Waals surface area (Å²) in [5, 5.41) is 7.33. The Labute approximate surface area is 109 Å². The number of nitrogens with two attached hydrogens (primary N) is 1. The molecule has 0 spiro atoms. The molecule has 0 aliphatic heterocycles. The fourth-order valence-electron chi connectivity index (χ4n) is 1.64. The third-order valence-electron chi connectivity index (χ3n) is 2.49. The molecular formula is C12H17BrFN3. The van der Waals surface area contributed by atoms with E-state index in [1.165, 1.54) is 12.1 Å². The van der Waals surface area contributed by atoms with Crippen LogP contribution < -0.4 is 5.73 Å². The number of rotatable bonds is 5. The van der Waals surface area contributed by atoms with Crippen molar-refractivity contribution in [2.75, 3.05) is 13.6 Å². The van der Waals surface area contributed by atoms with Crippen LogP contribution in [0.25, 0.3) is 0 Å². The molecule has 1 unspecified atom stereocenters. The van der Waals surface area contributed by atoms with Gasteiger partial charge in [-0.2, -0.15) is 0 Å². The molecule has 1 rings (SSSR count). The second-order valence-corrected chi connectivity index (χ2v) is 5.25. The van der Waals surface area contributed by atoms with Crippen molar-refractivity contribution in [3.63, 3.8) is 0 Å². The summed E-state index contributed by atoms with van der Waals surface area (Å²) in [6.07, 6.45) is 0. The van der Waals surface area contributed by atoms with Crippen LogP contribution in [0, 0.1) is 17.1 Å². The zero-order chi connectivity index (χ0) is 13.0. The van der Waals surface area contributed by atoms with Gasteiger partial charge in [0.1, 0.15) is 5.82 Å². The summed E-state index contributed by atoms with van der Waals surface area (Å²) < 4.78 is 13.9. The zero-order valence-electron chi connectivity index (χ0n) is 10.0. The highest BCUT2D eigenvalue weighted by Gasteiger charge is 2.10. The summed E-state index contributed by atoms with van der Waals surface area (Å²) in [6.45, 7) is 3.22. The fraction of sp³-hybridized carbons (Fsp3) is 0.417. The van der Waals surface area contributed by atoms with E-state index >= 15 is 0 Å². The van der Waals surface area contributed by atoms with E-state index in [1.54, 1.807) is 0 Å². The smallest absolute Gasteiger partial charge is 0.124 e. The third-order valence-corrected chi connectivity index (χ3v) is 2.95. The minimum absolute atomic E-state index is 0.0111. The van der Waals surface area contributed by atoms with Crippen molar-refractivity contribution in [1.82, 2.24) is 4.90 Å². The quantitative estimate of drug-likeness (QED) is 0.649. The summed E-state index contributed by atoms with van der Waals surface area (Å²) in [5.41, 5.74) is 6.31. The SMILES string of the molecule is CC(CN(C)Cc1cc(F)cc(Br)c1)C(=N)N. The number of benzene rings is 1. The average Bonchev–Trinajstić information content (AvgIpc) is 2.14. The third kappa shape index (κ3) is 4.83. The molecule has 0 fully saturated rings. The molecule has 3 N–H and O–H groups in total. The molecule has 5 heteroatoms. The van der Waals surface area contributed by atoms with Gasteiger partial charge in [-0.05, 0) is 30.8 Å². The second kappa shape index (κ2) is 6.12. The molecule has 0 heterocycles. The first kappa shape index (κ1) is 14.1. The van der Waals surface area contributed by atoms with E-state index in [2.05, 4.69) is 15.9 Å². The Morgan fingerprint density at radius 2 is 2.18 bits per heavy atom. The van der Waals surface area contributed by atoms with Gasteiger partial charge in [0.05, 0.1) is 5.84 Å². The Bertz CT molecular complexity index is 388. The standard InChI is InChI=1S/C12H17BrFN3/c1-8(12(15)16)6-17(2)7-9-3-10(13)5-11(14)4-9/h3-5,8H,6-7H2,1-2H3,(H3,15,16). The molecule has 0 radical (unpaired) electrons. The predicted molar refractivity (Wildman–Crippen MR) is 71.5 cm³/mol. The van der Waals surface area contributed by atoms with Gasteiger partial charge in [-0.3, -0.25) is 5.41 Å². The van der Waals surface area contributed by atoms with Crippen LogP contribution in [0.2, 0.25) is 0 Å². The van der Waals surface area contributed by atoms with Crippen molar-refractivity contribution < 1.29 is 4.39 Å². The molecule has 17 heavy (non-hydrogen) atoms. The Morgan fingerprint density at radius 1 is 1.53 bits per heavy atom. The van der Waals surface area contributed by atoms with Gasteiger partial charge >= 0.3 is 0 Å². The van der Waals surface area contributed by atoms with Gasteiger partial charge < -0.3 is 10.6 Å². The Hall–Kier alpha value is -0.940. The second-order valence-electron chi connectivity index (χ2n) is 4.33. The summed E-state index contributed by atoms with van der Waals surface area (Å²) in [4.78, 5) is 2.02. The van der Waals surface area contributed by atoms with Crippen LogP contribution >= 0.6 is 15.9 Å². The Morgan fingerprint density at radius 3 is 2.71 bits per heavy atom. The normalized spacial score (nSPS) is 12.8. The van der Waals surface area contributed by atoms with Crippen molar-refractivity contribution in [3.8, 4) is 0 Å². The van der Waals surface area contributed by atoms with Gasteiger partial charge in [0.25, 0.3) is 0 Å². The van der Waals surface area contributed by atoms with E-state index in [4.69, 9.17) is 11.1 Å². The van der Waals surface area contributed by atoms with Crippen LogP contribution in [0.1, 0.15) is 12.5 Å². The number of nitrogens with zero attached hydrogens (tertiary/aromatic N) is 1. The van der Waals surface area contributed by atoms with Crippen LogP contribution in [-0.4, -0.2) is 24.3 Å². The summed E-state index contributed by atoms with van der Waals surface area (Å²) in [5.74, 6) is -0.0586. The van der Waals surface area contributed by atoms with E-state index < -0.39 is 0 Å². The molecule has 1 atom stereocenters. The van der Waals surface area contributed by atoms with Crippen LogP contribution in [0.15, 0.2) is 22.7 Å². The molecule has 0 saturated carbocycles. The topological polar surface area (TPSA) is 53.1 Å². The lowest BCUT2D eigenvalue weighted by Gasteiger charge is -2.20. The first-order valence-electron chi connectivity index (χ1n) is 5.36. The molecule has 0 amide bonds. The maximum absolute atomic E-state index is 13.2. The predicted octanol–water partition coefficient (Wildman–Crippen LogP) is 2.59. The van der Waals surface area contributed by atoms with Crippen molar-refractivity contribution in [2.45, 2.75) is 13.5 Å². The molecule has 94 valence electrons. The number of halogens is 2. The molecule has 0 aromatic heterocycles. The van der Waals surface area contributed by atoms with E-state index in [-0.39, 0.29) is 17.6 Å². The first-order chi connectivity index (χ1) is 7.88. The van der Waals surface area contributed by atoms with Crippen LogP contribution in [0.4, 0.5) is 4.39 Å². The maximum Gasteiger partial charge on any atom is 0.124 e. The van der Waals surface area contributed by atoms with Gasteiger partial charge in [-0.1, -0.05) is 22.9 Å². The van der Waals surface area contributed by atoms with Crippen molar-refractivity contribution in [3.05, 3.63) is 34.1 Å². The molecule has 0 saturated heterocycles. The van der Waals surface area contributed by atoms with Crippen LogP contribution in [0.5, 0.6) is 0 Å². The van der Waals surface area contributed by atoms with E-state index in [0.29, 0.717) is 13.1 Å². The number of hydrogen-bond donors (Lipinski definition) is 2. The minimum atomic E-state index is -0.248. The van der Waals surface area contributed by atoms with E-state index in [0.717, 1.165) is 10.0 Å². The molecule has 1 aromatic carbocycles. The lowest BCUT2D eigenvalue weighted by Crippen LogP contribution is -2.31. The van der Waals surface area contributed by atoms with Crippen LogP contribution in [0.3, 0.4) is 0 Å². The Balaban J connectivity index is 2.61. The van der Waals surface area contributed by atoms with E-state index in [1.807, 2.05) is 24.9 Å². The molecular weight excluding hydrogens is 285 g/mol. The molecule has 3 nitrogen and oxygen atoms in total. The Kier molecular flexibility index (Phi) is 5.08. The highest BCUT2D eigenvalue weighted by atomic mass is 79.9. The zero-order valence-corrected chi connectivity index (χ0v) is 11.6. The van der Waals surface area contributed by atoms with Gasteiger partial charge in [0.2, 0.25) is 0 Å². The lowest BCUT2D eigenvalue weighted by atomic mass is 10.1. The summed E-state index contributed by atoms with van der Waals surface area (Å²) in [6, 6.07) is 4.83. The fourth-order valence-corrected chi connectivity index (χ4v) is 2.16. The highest BCUT2D eigenvalue weighted by molar-refractivity contribution is 9.10. The maximum atomic E-state index is 13.2. The van der Waals surface area contributed by atoms with Gasteiger partial charge in [-0.15, -0.1) is 0 Å². The number of nitrogens with one attached hydrogen (secondary N) is 1. The van der Waals surface area contributed by atoms with Crippen molar-refractivity contribution in [1.29, 1.82) is 5.41 Å². The first-order valence-corrected chi connectivity index (χ1v) is 6.15. The molecule has 0 aliphatic rings. The average molecular weight is 302 g/mol. The minimum Gasteiger partial charge on any atom is -0.387 e. The summed E-state index contributed by atoms with van der Waals surface area (Å²) >= 11 is 3.26. The van der Waals surface area contributed by atoms with Crippen molar-refractivity contribution in [2.24, 2.45) is 11.7 Å². The largest absolute Gasteiger partial charge is 0.387 e. The van der Waals surface area contributed by atoms with E-state index in [9.17, 15) is 4.39 Å². The van der Waals surface area contributed by atoms with Gasteiger partial charge in [0.15, 0.2) is 0 Å².